The van der Waals surface area contributed by atoms with Crippen molar-refractivity contribution in [3.8, 4) is 0 Å². The Kier molecular flexibility index (Phi) is 7.52. The van der Waals surface area contributed by atoms with Crippen molar-refractivity contribution in [2.75, 3.05) is 41.0 Å². The van der Waals surface area contributed by atoms with Gasteiger partial charge in [0, 0.05) is 33.0 Å². The Hall–Kier alpha value is -2.91. The molecule has 1 fully saturated rings. The van der Waals surface area contributed by atoms with Gasteiger partial charge in [-0.15, -0.1) is 0 Å². The third kappa shape index (κ3) is 4.78. The highest BCUT2D eigenvalue weighted by molar-refractivity contribution is 6.03. The molecule has 3 unspecified atom stereocenters. The van der Waals surface area contributed by atoms with Crippen molar-refractivity contribution >= 4 is 23.5 Å². The maximum atomic E-state index is 12.7. The Labute approximate surface area is 187 Å². The van der Waals surface area contributed by atoms with Crippen LogP contribution in [0.4, 0.5) is 4.79 Å². The van der Waals surface area contributed by atoms with Crippen molar-refractivity contribution in [1.29, 1.82) is 0 Å². The fourth-order valence-electron chi connectivity index (χ4n) is 4.37. The summed E-state index contributed by atoms with van der Waals surface area (Å²) in [5, 5.41) is 9.73. The average Bonchev–Trinajstić information content (AvgIpc) is 2.77. The summed E-state index contributed by atoms with van der Waals surface area (Å²) in [5.74, 6) is -0.571. The van der Waals surface area contributed by atoms with Gasteiger partial charge in [-0.25, -0.2) is 9.59 Å². The van der Waals surface area contributed by atoms with E-state index in [1.165, 1.54) is 12.0 Å². The summed E-state index contributed by atoms with van der Waals surface area (Å²) in [4.78, 5) is 39.9. The number of amides is 2. The first-order chi connectivity index (χ1) is 15.3. The number of rotatable bonds is 8. The standard InChI is InChI=1S/C23H30N2O7/c1-14(11-30-3)12-32-13-15-5-7-16(8-6-15)17-9-18-21(26)24(2)10-19(25(18)23(28)29)20(17)22(27)31-4/h5-8,14,18-19H,9-13H2,1-4H3,(H,28,29). The molecule has 1 aromatic carbocycles. The first kappa shape index (κ1) is 23.7. The number of ether oxygens (including phenoxy) is 3. The SMILES string of the molecule is COCC(C)COCc1ccc(C2=C(C(=O)OC)C3CN(C)C(=O)C(C2)N3C(=O)O)cc1. The maximum Gasteiger partial charge on any atom is 0.408 e. The van der Waals surface area contributed by atoms with Crippen molar-refractivity contribution in [3.05, 3.63) is 41.0 Å². The van der Waals surface area contributed by atoms with Gasteiger partial charge in [0.15, 0.2) is 0 Å². The Morgan fingerprint density at radius 1 is 1.16 bits per heavy atom. The fourth-order valence-corrected chi connectivity index (χ4v) is 4.37. The Morgan fingerprint density at radius 2 is 1.84 bits per heavy atom. The molecule has 0 aromatic heterocycles. The van der Waals surface area contributed by atoms with Crippen molar-refractivity contribution in [2.45, 2.75) is 32.0 Å². The minimum absolute atomic E-state index is 0.0984. The zero-order valence-corrected chi connectivity index (χ0v) is 18.9. The Balaban J connectivity index is 1.89. The van der Waals surface area contributed by atoms with Gasteiger partial charge in [-0.05, 0) is 16.7 Å². The minimum atomic E-state index is -1.22. The molecule has 2 aliphatic heterocycles. The molecule has 9 nitrogen and oxygen atoms in total. The van der Waals surface area contributed by atoms with Crippen LogP contribution in [0.5, 0.6) is 0 Å². The quantitative estimate of drug-likeness (QED) is 0.609. The van der Waals surface area contributed by atoms with Crippen molar-refractivity contribution in [2.24, 2.45) is 5.92 Å². The first-order valence-electron chi connectivity index (χ1n) is 10.5. The van der Waals surface area contributed by atoms with E-state index >= 15 is 0 Å². The molecule has 2 amide bonds. The summed E-state index contributed by atoms with van der Waals surface area (Å²) in [7, 11) is 4.55. The summed E-state index contributed by atoms with van der Waals surface area (Å²) >= 11 is 0. The van der Waals surface area contributed by atoms with Gasteiger partial charge in [0.25, 0.3) is 0 Å². The van der Waals surface area contributed by atoms with E-state index in [2.05, 4.69) is 0 Å². The monoisotopic (exact) mass is 446 g/mol. The molecule has 0 spiro atoms. The van der Waals surface area contributed by atoms with E-state index in [9.17, 15) is 19.5 Å². The molecule has 9 heteroatoms. The molecule has 32 heavy (non-hydrogen) atoms. The molecule has 2 bridgehead atoms. The highest BCUT2D eigenvalue weighted by atomic mass is 16.5. The van der Waals surface area contributed by atoms with E-state index in [0.29, 0.717) is 31.3 Å². The van der Waals surface area contributed by atoms with Gasteiger partial charge in [0.1, 0.15) is 6.04 Å². The molecule has 2 aliphatic rings. The van der Waals surface area contributed by atoms with E-state index in [4.69, 9.17) is 14.2 Å². The molecule has 2 heterocycles. The number of hydrogen-bond acceptors (Lipinski definition) is 6. The van der Waals surface area contributed by atoms with Crippen LogP contribution in [-0.2, 0) is 30.4 Å². The van der Waals surface area contributed by atoms with Gasteiger partial charge >= 0.3 is 12.1 Å². The highest BCUT2D eigenvalue weighted by Gasteiger charge is 2.50. The number of piperazine rings is 1. The van der Waals surface area contributed by atoms with Gasteiger partial charge in [-0.3, -0.25) is 9.69 Å². The third-order valence-corrected chi connectivity index (χ3v) is 5.89. The van der Waals surface area contributed by atoms with Gasteiger partial charge in [-0.2, -0.15) is 0 Å². The summed E-state index contributed by atoms with van der Waals surface area (Å²) in [6.45, 7) is 3.80. The van der Waals surface area contributed by atoms with Gasteiger partial charge in [-0.1, -0.05) is 31.2 Å². The number of carbonyl (C=O) groups excluding carboxylic acids is 2. The topological polar surface area (TPSA) is 106 Å². The van der Waals surface area contributed by atoms with Crippen molar-refractivity contribution in [1.82, 2.24) is 9.80 Å². The number of likely N-dealkylation sites (N-methyl/N-ethyl adjacent to an activating group) is 1. The second-order valence-corrected chi connectivity index (χ2v) is 8.30. The largest absolute Gasteiger partial charge is 0.466 e. The normalized spacial score (nSPS) is 21.6. The van der Waals surface area contributed by atoms with E-state index in [0.717, 1.165) is 16.0 Å². The molecule has 0 saturated carbocycles. The van der Waals surface area contributed by atoms with Crippen LogP contribution in [0.15, 0.2) is 29.8 Å². The van der Waals surface area contributed by atoms with Crippen LogP contribution >= 0.6 is 0 Å². The number of esters is 1. The summed E-state index contributed by atoms with van der Waals surface area (Å²) < 4.78 is 15.8. The number of hydrogen-bond donors (Lipinski definition) is 1. The fraction of sp³-hybridized carbons (Fsp3) is 0.522. The molecule has 0 radical (unpaired) electrons. The van der Waals surface area contributed by atoms with Crippen molar-refractivity contribution in [3.63, 3.8) is 0 Å². The molecule has 3 atom stereocenters. The number of methoxy groups -OCH3 is 2. The molecule has 3 rings (SSSR count). The predicted molar refractivity (Wildman–Crippen MR) is 116 cm³/mol. The van der Waals surface area contributed by atoms with Crippen LogP contribution in [0, 0.1) is 5.92 Å². The van der Waals surface area contributed by atoms with E-state index in [-0.39, 0.29) is 24.4 Å². The zero-order valence-electron chi connectivity index (χ0n) is 18.9. The molecule has 1 saturated heterocycles. The molecule has 1 aromatic rings. The number of benzene rings is 1. The molecule has 1 N–H and O–H groups in total. The lowest BCUT2D eigenvalue weighted by Gasteiger charge is -2.47. The summed E-state index contributed by atoms with van der Waals surface area (Å²) in [5.41, 5.74) is 2.66. The maximum absolute atomic E-state index is 12.7. The number of fused-ring (bicyclic) bond motifs is 2. The summed E-state index contributed by atoms with van der Waals surface area (Å²) in [6.07, 6.45) is -1.11. The van der Waals surface area contributed by atoms with Crippen LogP contribution in [0.2, 0.25) is 0 Å². The molecular formula is C23H30N2O7. The smallest absolute Gasteiger partial charge is 0.408 e. The highest BCUT2D eigenvalue weighted by Crippen LogP contribution is 2.39. The first-order valence-corrected chi connectivity index (χ1v) is 10.5. The zero-order chi connectivity index (χ0) is 23.4. The lowest BCUT2D eigenvalue weighted by Crippen LogP contribution is -2.65. The second kappa shape index (κ2) is 10.1. The van der Waals surface area contributed by atoms with Gasteiger partial charge in [0.2, 0.25) is 5.91 Å². The van der Waals surface area contributed by atoms with Gasteiger partial charge in [0.05, 0.1) is 38.5 Å². The van der Waals surface area contributed by atoms with Crippen LogP contribution in [0.1, 0.15) is 24.5 Å². The van der Waals surface area contributed by atoms with E-state index < -0.39 is 24.1 Å². The third-order valence-electron chi connectivity index (χ3n) is 5.89. The Bertz CT molecular complexity index is 896. The average molecular weight is 447 g/mol. The number of nitrogens with zero attached hydrogens (tertiary/aromatic N) is 2. The predicted octanol–water partition coefficient (Wildman–Crippen LogP) is 2.01. The van der Waals surface area contributed by atoms with Crippen LogP contribution in [-0.4, -0.2) is 86.0 Å². The molecule has 174 valence electrons. The number of carboxylic acid groups (broad SMARTS) is 1. The minimum Gasteiger partial charge on any atom is -0.466 e. The lowest BCUT2D eigenvalue weighted by atomic mass is 9.81. The molecule has 0 aliphatic carbocycles. The van der Waals surface area contributed by atoms with E-state index in [1.54, 1.807) is 14.2 Å². The lowest BCUT2D eigenvalue weighted by molar-refractivity contribution is -0.144. The van der Waals surface area contributed by atoms with Crippen LogP contribution in [0.25, 0.3) is 5.57 Å². The van der Waals surface area contributed by atoms with Crippen LogP contribution < -0.4 is 0 Å². The van der Waals surface area contributed by atoms with Crippen LogP contribution in [0.3, 0.4) is 0 Å². The Morgan fingerprint density at radius 3 is 2.44 bits per heavy atom. The van der Waals surface area contributed by atoms with Crippen molar-refractivity contribution < 1.29 is 33.7 Å². The van der Waals surface area contributed by atoms with E-state index in [1.807, 2.05) is 31.2 Å². The summed E-state index contributed by atoms with van der Waals surface area (Å²) in [6, 6.07) is 5.91. The number of carbonyl (C=O) groups is 3. The second-order valence-electron chi connectivity index (χ2n) is 8.30. The van der Waals surface area contributed by atoms with Gasteiger partial charge < -0.3 is 24.2 Å². The molecular weight excluding hydrogens is 416 g/mol.